The van der Waals surface area contributed by atoms with E-state index in [1.54, 1.807) is 6.20 Å². The Kier molecular flexibility index (Phi) is 5.00. The number of rotatable bonds is 4. The summed E-state index contributed by atoms with van der Waals surface area (Å²) in [6.07, 6.45) is 6.86. The quantitative estimate of drug-likeness (QED) is 0.746. The lowest BCUT2D eigenvalue weighted by Crippen LogP contribution is -2.39. The van der Waals surface area contributed by atoms with Crippen molar-refractivity contribution < 1.29 is 9.59 Å². The van der Waals surface area contributed by atoms with Gasteiger partial charge in [-0.3, -0.25) is 14.5 Å². The van der Waals surface area contributed by atoms with Crippen LogP contribution in [-0.2, 0) is 4.79 Å². The van der Waals surface area contributed by atoms with Gasteiger partial charge in [0.1, 0.15) is 11.6 Å². The largest absolute Gasteiger partial charge is 0.296 e. The molecule has 1 aromatic carbocycles. The third kappa shape index (κ3) is 3.58. The topological polar surface area (TPSA) is 63.2 Å². The number of Topliss-reactive ketones (excluding diaryl/α,β-unsaturated/α-hetero) is 1. The molecule has 0 radical (unpaired) electrons. The summed E-state index contributed by atoms with van der Waals surface area (Å²) in [5, 5.41) is 0. The van der Waals surface area contributed by atoms with Crippen LogP contribution in [-0.4, -0.2) is 28.2 Å². The molecule has 28 heavy (non-hydrogen) atoms. The Morgan fingerprint density at radius 2 is 2.11 bits per heavy atom. The molecule has 2 aromatic rings. The maximum atomic E-state index is 13.3. The number of aryl methyl sites for hydroxylation is 2. The first-order chi connectivity index (χ1) is 13.5. The fourth-order valence-electron chi connectivity index (χ4n) is 4.91. The van der Waals surface area contributed by atoms with Crippen LogP contribution in [0.2, 0.25) is 0 Å². The Morgan fingerprint density at radius 3 is 2.89 bits per heavy atom. The van der Waals surface area contributed by atoms with Crippen LogP contribution in [0.1, 0.15) is 60.3 Å². The van der Waals surface area contributed by atoms with Crippen molar-refractivity contribution in [2.75, 3.05) is 11.4 Å². The highest BCUT2D eigenvalue weighted by atomic mass is 16.2. The molecule has 2 aliphatic rings. The van der Waals surface area contributed by atoms with E-state index in [0.717, 1.165) is 43.2 Å². The predicted octanol–water partition coefficient (Wildman–Crippen LogP) is 4.28. The van der Waals surface area contributed by atoms with E-state index in [4.69, 9.17) is 0 Å². The minimum atomic E-state index is -0.325. The second-order valence-electron chi connectivity index (χ2n) is 8.41. The molecule has 0 bridgehead atoms. The van der Waals surface area contributed by atoms with Gasteiger partial charge in [0.05, 0.1) is 5.41 Å². The average molecular weight is 377 g/mol. The van der Waals surface area contributed by atoms with Gasteiger partial charge < -0.3 is 0 Å². The van der Waals surface area contributed by atoms with Gasteiger partial charge in [0.15, 0.2) is 5.78 Å². The van der Waals surface area contributed by atoms with Crippen LogP contribution in [0.15, 0.2) is 36.5 Å². The Labute approximate surface area is 166 Å². The molecule has 5 heteroatoms. The van der Waals surface area contributed by atoms with Crippen LogP contribution in [0.4, 0.5) is 5.82 Å². The van der Waals surface area contributed by atoms with Gasteiger partial charge in [-0.05, 0) is 57.6 Å². The Balaban J connectivity index is 1.47. The molecule has 1 spiro atoms. The molecule has 2 fully saturated rings. The zero-order chi connectivity index (χ0) is 19.7. The molecule has 146 valence electrons. The van der Waals surface area contributed by atoms with Crippen molar-refractivity contribution in [3.63, 3.8) is 0 Å². The lowest BCUT2D eigenvalue weighted by atomic mass is 9.67. The summed E-state index contributed by atoms with van der Waals surface area (Å²) < 4.78 is 0. The van der Waals surface area contributed by atoms with E-state index in [2.05, 4.69) is 9.97 Å². The predicted molar refractivity (Wildman–Crippen MR) is 108 cm³/mol. The number of amides is 1. The maximum Gasteiger partial charge on any atom is 0.234 e. The molecule has 1 aromatic heterocycles. The summed E-state index contributed by atoms with van der Waals surface area (Å²) in [6, 6.07) is 9.61. The standard InChI is InChI=1S/C23H27N3O2/c1-16-5-3-7-19(13-16)20(27)14-18-6-4-9-23(15-18)10-12-26(22(23)28)21-8-11-24-17(2)25-21/h3,5,7-8,11,13,18H,4,6,9-10,12,14-15H2,1-2H3/t18-,23+/m1/s1. The fraction of sp³-hybridized carbons (Fsp3) is 0.478. The number of benzene rings is 1. The third-order valence-electron chi connectivity index (χ3n) is 6.31. The fourth-order valence-corrected chi connectivity index (χ4v) is 4.91. The second kappa shape index (κ2) is 7.46. The smallest absolute Gasteiger partial charge is 0.234 e. The van der Waals surface area contributed by atoms with Crippen molar-refractivity contribution in [2.45, 2.75) is 52.4 Å². The molecule has 2 heterocycles. The van der Waals surface area contributed by atoms with Crippen LogP contribution in [0.3, 0.4) is 0 Å². The average Bonchev–Trinajstić information content (AvgIpc) is 2.97. The molecule has 5 nitrogen and oxygen atoms in total. The number of carbonyl (C=O) groups excluding carboxylic acids is 2. The van der Waals surface area contributed by atoms with Gasteiger partial charge >= 0.3 is 0 Å². The van der Waals surface area contributed by atoms with E-state index < -0.39 is 0 Å². The van der Waals surface area contributed by atoms with Gasteiger partial charge in [0.25, 0.3) is 0 Å². The Hall–Kier alpha value is -2.56. The number of hydrogen-bond acceptors (Lipinski definition) is 4. The third-order valence-corrected chi connectivity index (χ3v) is 6.31. The number of aromatic nitrogens is 2. The summed E-state index contributed by atoms with van der Waals surface area (Å²) in [5.74, 6) is 2.03. The summed E-state index contributed by atoms with van der Waals surface area (Å²) in [4.78, 5) is 36.5. The number of hydrogen-bond donors (Lipinski definition) is 0. The minimum Gasteiger partial charge on any atom is -0.296 e. The van der Waals surface area contributed by atoms with E-state index in [9.17, 15) is 9.59 Å². The van der Waals surface area contributed by atoms with Gasteiger partial charge in [0, 0.05) is 24.7 Å². The molecule has 0 N–H and O–H groups in total. The van der Waals surface area contributed by atoms with Crippen LogP contribution in [0, 0.1) is 25.2 Å². The lowest BCUT2D eigenvalue weighted by Gasteiger charge is -2.36. The van der Waals surface area contributed by atoms with E-state index >= 15 is 0 Å². The zero-order valence-electron chi connectivity index (χ0n) is 16.6. The maximum absolute atomic E-state index is 13.3. The number of anilines is 1. The number of carbonyl (C=O) groups is 2. The van der Waals surface area contributed by atoms with E-state index in [1.807, 2.05) is 49.1 Å². The number of ketones is 1. The molecule has 1 saturated heterocycles. The Bertz CT molecular complexity index is 910. The highest BCUT2D eigenvalue weighted by Crippen LogP contribution is 2.48. The summed E-state index contributed by atoms with van der Waals surface area (Å²) in [5.41, 5.74) is 1.57. The molecule has 2 atom stereocenters. The lowest BCUT2D eigenvalue weighted by molar-refractivity contribution is -0.128. The van der Waals surface area contributed by atoms with Gasteiger partial charge in [-0.2, -0.15) is 0 Å². The molecule has 1 aliphatic carbocycles. The summed E-state index contributed by atoms with van der Waals surface area (Å²) in [7, 11) is 0. The van der Waals surface area contributed by atoms with Gasteiger partial charge in [-0.15, -0.1) is 0 Å². The SMILES string of the molecule is Cc1cccc(C(=O)C[C@H]2CCC[C@]3(CCN(c4ccnc(C)n4)C3=O)C2)c1. The van der Waals surface area contributed by atoms with Crippen LogP contribution in [0.5, 0.6) is 0 Å². The molecule has 0 unspecified atom stereocenters. The Morgan fingerprint density at radius 1 is 1.25 bits per heavy atom. The van der Waals surface area contributed by atoms with Crippen molar-refractivity contribution in [1.29, 1.82) is 0 Å². The zero-order valence-corrected chi connectivity index (χ0v) is 16.6. The van der Waals surface area contributed by atoms with Crippen LogP contribution >= 0.6 is 0 Å². The summed E-state index contributed by atoms with van der Waals surface area (Å²) >= 11 is 0. The van der Waals surface area contributed by atoms with Crippen molar-refractivity contribution in [2.24, 2.45) is 11.3 Å². The van der Waals surface area contributed by atoms with Crippen molar-refractivity contribution in [3.05, 3.63) is 53.5 Å². The van der Waals surface area contributed by atoms with Crippen LogP contribution < -0.4 is 4.90 Å². The molecule has 1 saturated carbocycles. The number of nitrogens with zero attached hydrogens (tertiary/aromatic N) is 3. The molecular weight excluding hydrogens is 350 g/mol. The normalized spacial score (nSPS) is 24.7. The first-order valence-electron chi connectivity index (χ1n) is 10.2. The van der Waals surface area contributed by atoms with Crippen molar-refractivity contribution in [1.82, 2.24) is 9.97 Å². The van der Waals surface area contributed by atoms with E-state index in [-0.39, 0.29) is 23.0 Å². The van der Waals surface area contributed by atoms with Gasteiger partial charge in [0.2, 0.25) is 5.91 Å². The highest BCUT2D eigenvalue weighted by molar-refractivity contribution is 5.99. The van der Waals surface area contributed by atoms with Crippen molar-refractivity contribution in [3.8, 4) is 0 Å². The first-order valence-corrected chi connectivity index (χ1v) is 10.2. The van der Waals surface area contributed by atoms with Gasteiger partial charge in [-0.25, -0.2) is 9.97 Å². The van der Waals surface area contributed by atoms with Gasteiger partial charge in [-0.1, -0.05) is 30.2 Å². The van der Waals surface area contributed by atoms with Crippen LogP contribution in [0.25, 0.3) is 0 Å². The molecular formula is C23H27N3O2. The van der Waals surface area contributed by atoms with E-state index in [0.29, 0.717) is 24.6 Å². The van der Waals surface area contributed by atoms with E-state index in [1.165, 1.54) is 0 Å². The van der Waals surface area contributed by atoms with Crippen molar-refractivity contribution >= 4 is 17.5 Å². The first kappa shape index (κ1) is 18.8. The second-order valence-corrected chi connectivity index (χ2v) is 8.41. The highest BCUT2D eigenvalue weighted by Gasteiger charge is 2.49. The summed E-state index contributed by atoms with van der Waals surface area (Å²) in [6.45, 7) is 4.55. The molecule has 1 aliphatic heterocycles. The molecule has 1 amide bonds. The monoisotopic (exact) mass is 377 g/mol. The molecule has 4 rings (SSSR count). The minimum absolute atomic E-state index is 0.179.